The second kappa shape index (κ2) is 7.25. The second-order valence-corrected chi connectivity index (χ2v) is 6.32. The first-order valence-electron chi connectivity index (χ1n) is 8.62. The number of amides is 3. The smallest absolute Gasteiger partial charge is 0.314 e. The van der Waals surface area contributed by atoms with Crippen LogP contribution in [0.1, 0.15) is 27.2 Å². The van der Waals surface area contributed by atoms with Crippen molar-refractivity contribution in [2.24, 2.45) is 0 Å². The third kappa shape index (κ3) is 3.41. The first kappa shape index (κ1) is 17.3. The molecule has 0 unspecified atom stereocenters. The molecule has 0 atom stereocenters. The van der Waals surface area contributed by atoms with Crippen molar-refractivity contribution in [3.63, 3.8) is 0 Å². The number of H-pyrrole nitrogens is 1. The number of para-hydroxylation sites is 1. The molecule has 0 saturated carbocycles. The zero-order valence-electron chi connectivity index (χ0n) is 14.8. The number of fused-ring (bicyclic) bond motifs is 1. The maximum absolute atomic E-state index is 12.5. The van der Waals surface area contributed by atoms with Gasteiger partial charge in [-0.1, -0.05) is 18.2 Å². The number of carbonyl (C=O) groups is 2. The molecule has 1 aliphatic heterocycles. The van der Waals surface area contributed by atoms with Crippen LogP contribution >= 0.6 is 0 Å². The number of carbonyl (C=O) groups excluding carboxylic acids is 2. The fourth-order valence-electron chi connectivity index (χ4n) is 2.98. The molecule has 3 amide bonds. The Kier molecular flexibility index (Phi) is 4.48. The Balaban J connectivity index is 1.43. The van der Waals surface area contributed by atoms with Crippen LogP contribution in [0.5, 0.6) is 0 Å². The quantitative estimate of drug-likeness (QED) is 0.655. The summed E-state index contributed by atoms with van der Waals surface area (Å²) in [5, 5.41) is 21.5. The SMILES string of the molecule is N#Cc1ccc(C(=O)Nc2[nH]nc3c2CN(C(=O)Nc2ccccc2)C3)cc1. The van der Waals surface area contributed by atoms with E-state index in [2.05, 4.69) is 20.8 Å². The lowest BCUT2D eigenvalue weighted by Crippen LogP contribution is -2.30. The molecule has 2 heterocycles. The largest absolute Gasteiger partial charge is 0.322 e. The minimum atomic E-state index is -0.317. The van der Waals surface area contributed by atoms with Gasteiger partial charge in [-0.2, -0.15) is 10.4 Å². The Bertz CT molecular complexity index is 1070. The van der Waals surface area contributed by atoms with Crippen LogP contribution < -0.4 is 10.6 Å². The average molecular weight is 372 g/mol. The molecule has 0 aliphatic carbocycles. The topological polar surface area (TPSA) is 114 Å². The molecule has 0 saturated heterocycles. The van der Waals surface area contributed by atoms with Crippen molar-refractivity contribution in [1.29, 1.82) is 5.26 Å². The standard InChI is InChI=1S/C20H16N6O2/c21-10-13-6-8-14(9-7-13)19(27)23-18-16-11-26(12-17(16)24-25-18)20(28)22-15-4-2-1-3-5-15/h1-9H,11-12H2,(H,22,28)(H2,23,24,25,27). The maximum Gasteiger partial charge on any atom is 0.322 e. The molecule has 1 aromatic heterocycles. The van der Waals surface area contributed by atoms with Crippen molar-refractivity contribution in [1.82, 2.24) is 15.1 Å². The molecule has 3 aromatic rings. The highest BCUT2D eigenvalue weighted by atomic mass is 16.2. The van der Waals surface area contributed by atoms with Gasteiger partial charge in [-0.05, 0) is 36.4 Å². The molecule has 8 heteroatoms. The molecule has 138 valence electrons. The molecule has 2 aromatic carbocycles. The van der Waals surface area contributed by atoms with E-state index in [-0.39, 0.29) is 11.9 Å². The summed E-state index contributed by atoms with van der Waals surface area (Å²) in [4.78, 5) is 26.5. The predicted octanol–water partition coefficient (Wildman–Crippen LogP) is 3.08. The number of nitriles is 1. The Morgan fingerprint density at radius 1 is 1.04 bits per heavy atom. The number of benzene rings is 2. The van der Waals surface area contributed by atoms with Crippen molar-refractivity contribution in [2.45, 2.75) is 13.1 Å². The van der Waals surface area contributed by atoms with Crippen LogP contribution in [-0.2, 0) is 13.1 Å². The second-order valence-electron chi connectivity index (χ2n) is 6.32. The molecular formula is C20H16N6O2. The first-order chi connectivity index (χ1) is 13.6. The fourth-order valence-corrected chi connectivity index (χ4v) is 2.98. The normalized spacial score (nSPS) is 12.2. The predicted molar refractivity (Wildman–Crippen MR) is 102 cm³/mol. The summed E-state index contributed by atoms with van der Waals surface area (Å²) in [6.07, 6.45) is 0. The summed E-state index contributed by atoms with van der Waals surface area (Å²) >= 11 is 0. The van der Waals surface area contributed by atoms with Crippen LogP contribution in [0.25, 0.3) is 0 Å². The number of nitrogens with zero attached hydrogens (tertiary/aromatic N) is 3. The van der Waals surface area contributed by atoms with E-state index in [9.17, 15) is 9.59 Å². The van der Waals surface area contributed by atoms with Gasteiger partial charge in [0.2, 0.25) is 0 Å². The molecule has 0 radical (unpaired) electrons. The van der Waals surface area contributed by atoms with Crippen molar-refractivity contribution < 1.29 is 9.59 Å². The van der Waals surface area contributed by atoms with Gasteiger partial charge in [0.1, 0.15) is 5.82 Å². The van der Waals surface area contributed by atoms with E-state index in [1.807, 2.05) is 36.4 Å². The number of hydrogen-bond acceptors (Lipinski definition) is 4. The van der Waals surface area contributed by atoms with Crippen LogP contribution in [-0.4, -0.2) is 27.0 Å². The van der Waals surface area contributed by atoms with E-state index < -0.39 is 0 Å². The minimum Gasteiger partial charge on any atom is -0.314 e. The number of nitrogens with one attached hydrogen (secondary N) is 3. The van der Waals surface area contributed by atoms with Crippen LogP contribution in [0.2, 0.25) is 0 Å². The Labute approximate surface area is 160 Å². The van der Waals surface area contributed by atoms with Crippen molar-refractivity contribution in [3.8, 4) is 6.07 Å². The first-order valence-corrected chi connectivity index (χ1v) is 8.62. The summed E-state index contributed by atoms with van der Waals surface area (Å²) in [5.74, 6) is 0.155. The van der Waals surface area contributed by atoms with Gasteiger partial charge in [-0.25, -0.2) is 4.79 Å². The number of rotatable bonds is 3. The van der Waals surface area contributed by atoms with Gasteiger partial charge in [-0.3, -0.25) is 9.89 Å². The highest BCUT2D eigenvalue weighted by Gasteiger charge is 2.29. The average Bonchev–Trinajstić information content (AvgIpc) is 3.31. The number of aromatic nitrogens is 2. The van der Waals surface area contributed by atoms with Crippen molar-refractivity contribution in [2.75, 3.05) is 10.6 Å². The lowest BCUT2D eigenvalue weighted by atomic mass is 10.1. The minimum absolute atomic E-state index is 0.228. The third-order valence-corrected chi connectivity index (χ3v) is 4.47. The van der Waals surface area contributed by atoms with E-state index in [1.54, 1.807) is 29.2 Å². The van der Waals surface area contributed by atoms with Gasteiger partial charge >= 0.3 is 6.03 Å². The maximum atomic E-state index is 12.5. The molecule has 0 fully saturated rings. The van der Waals surface area contributed by atoms with Gasteiger partial charge in [-0.15, -0.1) is 0 Å². The fraction of sp³-hybridized carbons (Fsp3) is 0.100. The summed E-state index contributed by atoms with van der Waals surface area (Å²) in [7, 11) is 0. The number of hydrogen-bond donors (Lipinski definition) is 3. The highest BCUT2D eigenvalue weighted by Crippen LogP contribution is 2.28. The lowest BCUT2D eigenvalue weighted by Gasteiger charge is -2.16. The van der Waals surface area contributed by atoms with Crippen molar-refractivity contribution >= 4 is 23.4 Å². The van der Waals surface area contributed by atoms with E-state index in [0.29, 0.717) is 35.7 Å². The summed E-state index contributed by atoms with van der Waals surface area (Å²) < 4.78 is 0. The molecule has 0 spiro atoms. The number of anilines is 2. The Morgan fingerprint density at radius 2 is 1.79 bits per heavy atom. The Morgan fingerprint density at radius 3 is 2.50 bits per heavy atom. The molecule has 1 aliphatic rings. The molecule has 8 nitrogen and oxygen atoms in total. The van der Waals surface area contributed by atoms with Gasteiger partial charge < -0.3 is 15.5 Å². The summed E-state index contributed by atoms with van der Waals surface area (Å²) in [6, 6.07) is 17.3. The number of urea groups is 1. The molecule has 28 heavy (non-hydrogen) atoms. The molecule has 4 rings (SSSR count). The monoisotopic (exact) mass is 372 g/mol. The highest BCUT2D eigenvalue weighted by molar-refractivity contribution is 6.04. The van der Waals surface area contributed by atoms with Crippen LogP contribution in [0.3, 0.4) is 0 Å². The van der Waals surface area contributed by atoms with Crippen LogP contribution in [0.15, 0.2) is 54.6 Å². The van der Waals surface area contributed by atoms with Gasteiger partial charge in [0.15, 0.2) is 0 Å². The third-order valence-electron chi connectivity index (χ3n) is 4.47. The zero-order chi connectivity index (χ0) is 19.5. The van der Waals surface area contributed by atoms with E-state index >= 15 is 0 Å². The van der Waals surface area contributed by atoms with E-state index in [1.165, 1.54) is 0 Å². The number of aromatic amines is 1. The van der Waals surface area contributed by atoms with E-state index in [0.717, 1.165) is 11.3 Å². The Hall–Kier alpha value is -4.12. The van der Waals surface area contributed by atoms with Crippen molar-refractivity contribution in [3.05, 3.63) is 77.0 Å². The zero-order valence-corrected chi connectivity index (χ0v) is 14.8. The van der Waals surface area contributed by atoms with E-state index in [4.69, 9.17) is 5.26 Å². The van der Waals surface area contributed by atoms with Gasteiger partial charge in [0, 0.05) is 16.8 Å². The molecular weight excluding hydrogens is 356 g/mol. The lowest BCUT2D eigenvalue weighted by molar-refractivity contribution is 0.102. The molecule has 0 bridgehead atoms. The molecule has 3 N–H and O–H groups in total. The van der Waals surface area contributed by atoms with Crippen LogP contribution in [0.4, 0.5) is 16.3 Å². The van der Waals surface area contributed by atoms with Crippen LogP contribution in [0, 0.1) is 11.3 Å². The summed E-state index contributed by atoms with van der Waals surface area (Å²) in [6.45, 7) is 0.699. The van der Waals surface area contributed by atoms with Gasteiger partial charge in [0.25, 0.3) is 5.91 Å². The summed E-state index contributed by atoms with van der Waals surface area (Å²) in [5.41, 5.74) is 3.13. The van der Waals surface area contributed by atoms with Gasteiger partial charge in [0.05, 0.1) is 30.4 Å².